The van der Waals surface area contributed by atoms with Gasteiger partial charge in [-0.05, 0) is 36.6 Å². The SMILES string of the molecule is O=C(OCOc1noc2cccc(OC3CCOC3)c12)N1CCCCC1. The summed E-state index contributed by atoms with van der Waals surface area (Å²) < 4.78 is 27.4. The maximum Gasteiger partial charge on any atom is 0.412 e. The summed E-state index contributed by atoms with van der Waals surface area (Å²) in [6.45, 7) is 2.49. The van der Waals surface area contributed by atoms with Gasteiger partial charge >= 0.3 is 6.09 Å². The first-order valence-electron chi connectivity index (χ1n) is 8.98. The van der Waals surface area contributed by atoms with Gasteiger partial charge < -0.3 is 28.4 Å². The molecule has 0 aliphatic carbocycles. The molecule has 1 atom stereocenters. The summed E-state index contributed by atoms with van der Waals surface area (Å²) in [6, 6.07) is 5.45. The van der Waals surface area contributed by atoms with Gasteiger partial charge in [0.25, 0.3) is 5.88 Å². The summed E-state index contributed by atoms with van der Waals surface area (Å²) in [5.41, 5.74) is 0.554. The third kappa shape index (κ3) is 3.70. The van der Waals surface area contributed by atoms with Crippen LogP contribution < -0.4 is 9.47 Å². The van der Waals surface area contributed by atoms with E-state index in [-0.39, 0.29) is 24.9 Å². The first-order valence-corrected chi connectivity index (χ1v) is 8.98. The van der Waals surface area contributed by atoms with Gasteiger partial charge in [-0.1, -0.05) is 6.07 Å². The molecule has 1 amide bonds. The van der Waals surface area contributed by atoms with E-state index in [0.29, 0.717) is 29.9 Å². The van der Waals surface area contributed by atoms with Crippen molar-refractivity contribution in [2.45, 2.75) is 31.8 Å². The van der Waals surface area contributed by atoms with E-state index in [2.05, 4.69) is 5.16 Å². The third-order valence-corrected chi connectivity index (χ3v) is 4.60. The van der Waals surface area contributed by atoms with Crippen molar-refractivity contribution in [2.24, 2.45) is 0 Å². The standard InChI is InChI=1S/C18H22N2O6/c21-18(20-8-2-1-3-9-20)24-12-23-17-16-14(25-13-7-10-22-11-13)5-4-6-15(16)26-19-17/h4-6,13H,1-3,7-12H2. The zero-order valence-electron chi connectivity index (χ0n) is 14.5. The van der Waals surface area contributed by atoms with Gasteiger partial charge in [0.1, 0.15) is 17.2 Å². The number of fused-ring (bicyclic) bond motifs is 1. The van der Waals surface area contributed by atoms with Crippen LogP contribution in [0.2, 0.25) is 0 Å². The molecule has 2 aromatic rings. The molecule has 1 aromatic heterocycles. The lowest BCUT2D eigenvalue weighted by molar-refractivity contribution is 0.0287. The molecule has 140 valence electrons. The number of carbonyl (C=O) groups is 1. The quantitative estimate of drug-likeness (QED) is 0.756. The van der Waals surface area contributed by atoms with Gasteiger partial charge in [-0.2, -0.15) is 0 Å². The highest BCUT2D eigenvalue weighted by Gasteiger charge is 2.22. The molecule has 0 N–H and O–H groups in total. The fraction of sp³-hybridized carbons (Fsp3) is 0.556. The van der Waals surface area contributed by atoms with Crippen LogP contribution in [0.15, 0.2) is 22.7 Å². The number of rotatable bonds is 5. The number of hydrogen-bond acceptors (Lipinski definition) is 7. The van der Waals surface area contributed by atoms with Crippen LogP contribution in [0.5, 0.6) is 11.6 Å². The Bertz CT molecular complexity index is 749. The molecule has 2 fully saturated rings. The molecule has 2 saturated heterocycles. The van der Waals surface area contributed by atoms with E-state index in [1.54, 1.807) is 11.0 Å². The fourth-order valence-corrected chi connectivity index (χ4v) is 3.22. The number of amides is 1. The van der Waals surface area contributed by atoms with Crippen molar-refractivity contribution in [3.63, 3.8) is 0 Å². The van der Waals surface area contributed by atoms with Gasteiger partial charge in [-0.15, -0.1) is 0 Å². The summed E-state index contributed by atoms with van der Waals surface area (Å²) >= 11 is 0. The van der Waals surface area contributed by atoms with Gasteiger partial charge in [-0.3, -0.25) is 0 Å². The first-order chi connectivity index (χ1) is 12.8. The first kappa shape index (κ1) is 17.0. The summed E-state index contributed by atoms with van der Waals surface area (Å²) in [5, 5.41) is 4.56. The number of ether oxygens (including phenoxy) is 4. The van der Waals surface area contributed by atoms with E-state index < -0.39 is 0 Å². The van der Waals surface area contributed by atoms with Crippen LogP contribution in [0.3, 0.4) is 0 Å². The third-order valence-electron chi connectivity index (χ3n) is 4.60. The van der Waals surface area contributed by atoms with Gasteiger partial charge in [0.05, 0.1) is 13.2 Å². The molecule has 0 spiro atoms. The normalized spacial score (nSPS) is 20.3. The minimum Gasteiger partial charge on any atom is -0.487 e. The van der Waals surface area contributed by atoms with Crippen molar-refractivity contribution >= 4 is 17.1 Å². The van der Waals surface area contributed by atoms with E-state index in [1.165, 1.54) is 0 Å². The number of carbonyl (C=O) groups excluding carboxylic acids is 1. The number of benzene rings is 1. The Kier molecular flexibility index (Phi) is 5.10. The second-order valence-electron chi connectivity index (χ2n) is 6.44. The molecule has 26 heavy (non-hydrogen) atoms. The highest BCUT2D eigenvalue weighted by molar-refractivity contribution is 5.88. The van der Waals surface area contributed by atoms with Crippen molar-refractivity contribution in [1.82, 2.24) is 10.1 Å². The second kappa shape index (κ2) is 7.82. The number of hydrogen-bond donors (Lipinski definition) is 0. The van der Waals surface area contributed by atoms with Crippen LogP contribution in [-0.4, -0.2) is 55.3 Å². The number of aromatic nitrogens is 1. The van der Waals surface area contributed by atoms with Crippen molar-refractivity contribution in [1.29, 1.82) is 0 Å². The summed E-state index contributed by atoms with van der Waals surface area (Å²) in [7, 11) is 0. The van der Waals surface area contributed by atoms with E-state index in [4.69, 9.17) is 23.5 Å². The molecule has 0 radical (unpaired) electrons. The van der Waals surface area contributed by atoms with E-state index in [0.717, 1.165) is 38.8 Å². The largest absolute Gasteiger partial charge is 0.487 e. The van der Waals surface area contributed by atoms with Crippen molar-refractivity contribution in [3.8, 4) is 11.6 Å². The molecule has 1 unspecified atom stereocenters. The fourth-order valence-electron chi connectivity index (χ4n) is 3.22. The Hall–Kier alpha value is -2.48. The second-order valence-corrected chi connectivity index (χ2v) is 6.44. The molecule has 2 aliphatic heterocycles. The van der Waals surface area contributed by atoms with E-state index in [1.807, 2.05) is 12.1 Å². The van der Waals surface area contributed by atoms with Crippen LogP contribution >= 0.6 is 0 Å². The lowest BCUT2D eigenvalue weighted by atomic mass is 10.1. The maximum atomic E-state index is 12.0. The zero-order valence-corrected chi connectivity index (χ0v) is 14.5. The maximum absolute atomic E-state index is 12.0. The number of piperidine rings is 1. The van der Waals surface area contributed by atoms with Crippen molar-refractivity contribution in [3.05, 3.63) is 18.2 Å². The lowest BCUT2D eigenvalue weighted by Crippen LogP contribution is -2.36. The molecule has 2 aliphatic rings. The lowest BCUT2D eigenvalue weighted by Gasteiger charge is -2.25. The van der Waals surface area contributed by atoms with Gasteiger partial charge in [0, 0.05) is 19.5 Å². The molecule has 1 aromatic carbocycles. The number of nitrogens with zero attached hydrogens (tertiary/aromatic N) is 2. The molecule has 3 heterocycles. The number of likely N-dealkylation sites (tertiary alicyclic amines) is 1. The summed E-state index contributed by atoms with van der Waals surface area (Å²) in [5.74, 6) is 0.873. The molecule has 4 rings (SSSR count). The van der Waals surface area contributed by atoms with Crippen LogP contribution in [0.4, 0.5) is 4.79 Å². The van der Waals surface area contributed by atoms with E-state index >= 15 is 0 Å². The smallest absolute Gasteiger partial charge is 0.412 e. The van der Waals surface area contributed by atoms with Crippen LogP contribution in [0.1, 0.15) is 25.7 Å². The predicted molar refractivity (Wildman–Crippen MR) is 91.3 cm³/mol. The average molecular weight is 362 g/mol. The monoisotopic (exact) mass is 362 g/mol. The Morgan fingerprint density at radius 3 is 2.96 bits per heavy atom. The van der Waals surface area contributed by atoms with E-state index in [9.17, 15) is 4.79 Å². The predicted octanol–water partition coefficient (Wildman–Crippen LogP) is 2.95. The molecule has 8 heteroatoms. The Labute approximate surface area is 150 Å². The topological polar surface area (TPSA) is 83.3 Å². The Balaban J connectivity index is 1.40. The van der Waals surface area contributed by atoms with Crippen LogP contribution in [-0.2, 0) is 9.47 Å². The molecule has 8 nitrogen and oxygen atoms in total. The zero-order chi connectivity index (χ0) is 17.8. The molecular weight excluding hydrogens is 340 g/mol. The van der Waals surface area contributed by atoms with Crippen LogP contribution in [0.25, 0.3) is 11.0 Å². The van der Waals surface area contributed by atoms with Gasteiger partial charge in [0.2, 0.25) is 6.79 Å². The Morgan fingerprint density at radius 2 is 2.15 bits per heavy atom. The van der Waals surface area contributed by atoms with Crippen molar-refractivity contribution < 1.29 is 28.3 Å². The molecule has 0 bridgehead atoms. The minimum atomic E-state index is -0.364. The van der Waals surface area contributed by atoms with Gasteiger partial charge in [0.15, 0.2) is 5.58 Å². The highest BCUT2D eigenvalue weighted by atomic mass is 16.7. The van der Waals surface area contributed by atoms with Crippen molar-refractivity contribution in [2.75, 3.05) is 33.1 Å². The summed E-state index contributed by atoms with van der Waals surface area (Å²) in [4.78, 5) is 13.7. The van der Waals surface area contributed by atoms with Gasteiger partial charge in [-0.25, -0.2) is 4.79 Å². The average Bonchev–Trinajstić information content (AvgIpc) is 3.33. The summed E-state index contributed by atoms with van der Waals surface area (Å²) in [6.07, 6.45) is 3.65. The molecular formula is C18H22N2O6. The van der Waals surface area contributed by atoms with Crippen LogP contribution in [0, 0.1) is 0 Å². The highest BCUT2D eigenvalue weighted by Crippen LogP contribution is 2.34. The molecule has 0 saturated carbocycles. The Morgan fingerprint density at radius 1 is 1.27 bits per heavy atom. The minimum absolute atomic E-state index is 0.000259.